The van der Waals surface area contributed by atoms with Crippen molar-refractivity contribution in [2.45, 2.75) is 96.8 Å². The Kier molecular flexibility index (Phi) is 12.3. The van der Waals surface area contributed by atoms with Gasteiger partial charge >= 0.3 is 0 Å². The molecular formula is C23H44N+. The molecule has 0 saturated heterocycles. The molecule has 0 spiro atoms. The van der Waals surface area contributed by atoms with Gasteiger partial charge in [-0.1, -0.05) is 95.8 Å². The number of likely N-dealkylation sites (N-methyl/N-ethyl adjacent to an activating group) is 1. The molecule has 0 amide bonds. The lowest BCUT2D eigenvalue weighted by Gasteiger charge is -2.30. The fraction of sp³-hybridized carbons (Fsp3) is 0.826. The van der Waals surface area contributed by atoms with Crippen LogP contribution in [0.4, 0.5) is 0 Å². The van der Waals surface area contributed by atoms with E-state index in [4.69, 9.17) is 0 Å². The standard InChI is InChI=1S/C23H44N/c1-4-5-6-7-8-9-10-11-12-13-14-15-18-21-24(2,3)22-23-19-16-17-20-23/h16-17,19H,4-15,18,20-22H2,1-3H3/q+1. The van der Waals surface area contributed by atoms with Crippen LogP contribution in [0.2, 0.25) is 0 Å². The second kappa shape index (κ2) is 13.7. The zero-order chi connectivity index (χ0) is 17.5. The maximum atomic E-state index is 2.39. The minimum Gasteiger partial charge on any atom is -0.325 e. The molecule has 0 aromatic rings. The summed E-state index contributed by atoms with van der Waals surface area (Å²) in [6.07, 6.45) is 26.8. The van der Waals surface area contributed by atoms with Gasteiger partial charge in [0.1, 0.15) is 6.54 Å². The lowest BCUT2D eigenvalue weighted by molar-refractivity contribution is -0.885. The van der Waals surface area contributed by atoms with Gasteiger partial charge in [0.2, 0.25) is 0 Å². The van der Waals surface area contributed by atoms with E-state index in [9.17, 15) is 0 Å². The lowest BCUT2D eigenvalue weighted by atomic mass is 10.0. The molecule has 1 nitrogen and oxygen atoms in total. The highest BCUT2D eigenvalue weighted by atomic mass is 15.3. The molecule has 0 radical (unpaired) electrons. The highest BCUT2D eigenvalue weighted by Gasteiger charge is 2.17. The van der Waals surface area contributed by atoms with E-state index in [0.717, 1.165) is 4.48 Å². The van der Waals surface area contributed by atoms with Crippen LogP contribution in [0.3, 0.4) is 0 Å². The number of unbranched alkanes of at least 4 members (excludes halogenated alkanes) is 12. The molecule has 0 saturated carbocycles. The van der Waals surface area contributed by atoms with Gasteiger partial charge < -0.3 is 4.48 Å². The van der Waals surface area contributed by atoms with E-state index in [1.54, 1.807) is 5.57 Å². The topological polar surface area (TPSA) is 0 Å². The smallest absolute Gasteiger partial charge is 0.100 e. The number of nitrogens with zero attached hydrogens (tertiary/aromatic N) is 1. The molecule has 0 aromatic carbocycles. The second-order valence-corrected chi connectivity index (χ2v) is 8.52. The monoisotopic (exact) mass is 334 g/mol. The molecule has 1 aliphatic rings. The third-order valence-corrected chi connectivity index (χ3v) is 5.35. The molecule has 0 N–H and O–H groups in total. The van der Waals surface area contributed by atoms with E-state index < -0.39 is 0 Å². The van der Waals surface area contributed by atoms with Gasteiger partial charge in [-0.15, -0.1) is 0 Å². The molecule has 0 aromatic heterocycles. The van der Waals surface area contributed by atoms with Crippen molar-refractivity contribution in [3.05, 3.63) is 23.8 Å². The summed E-state index contributed by atoms with van der Waals surface area (Å²) in [4.78, 5) is 0. The first-order chi connectivity index (χ1) is 11.6. The number of rotatable bonds is 16. The molecule has 0 atom stereocenters. The Hall–Kier alpha value is -0.560. The van der Waals surface area contributed by atoms with E-state index in [-0.39, 0.29) is 0 Å². The molecular weight excluding hydrogens is 290 g/mol. The van der Waals surface area contributed by atoms with Crippen LogP contribution >= 0.6 is 0 Å². The molecule has 0 fully saturated rings. The third-order valence-electron chi connectivity index (χ3n) is 5.35. The summed E-state index contributed by atoms with van der Waals surface area (Å²) in [5.74, 6) is 0. The van der Waals surface area contributed by atoms with Gasteiger partial charge in [0, 0.05) is 0 Å². The number of quaternary nitrogens is 1. The van der Waals surface area contributed by atoms with Crippen LogP contribution in [0.25, 0.3) is 0 Å². The normalized spacial score (nSPS) is 14.4. The Bertz CT molecular complexity index is 351. The molecule has 1 aliphatic carbocycles. The first-order valence-electron chi connectivity index (χ1n) is 10.8. The van der Waals surface area contributed by atoms with Crippen LogP contribution in [-0.2, 0) is 0 Å². The summed E-state index contributed by atoms with van der Waals surface area (Å²) in [5.41, 5.74) is 1.61. The van der Waals surface area contributed by atoms with Crippen LogP contribution in [0.1, 0.15) is 96.8 Å². The van der Waals surface area contributed by atoms with Gasteiger partial charge in [-0.3, -0.25) is 0 Å². The fourth-order valence-electron chi connectivity index (χ4n) is 3.80. The van der Waals surface area contributed by atoms with Gasteiger partial charge in [0.05, 0.1) is 20.6 Å². The third kappa shape index (κ3) is 11.9. The lowest BCUT2D eigenvalue weighted by Crippen LogP contribution is -2.41. The summed E-state index contributed by atoms with van der Waals surface area (Å²) in [7, 11) is 4.78. The van der Waals surface area contributed by atoms with Crippen LogP contribution in [0, 0.1) is 0 Å². The van der Waals surface area contributed by atoms with Gasteiger partial charge in [-0.25, -0.2) is 0 Å². The van der Waals surface area contributed by atoms with Crippen molar-refractivity contribution >= 4 is 0 Å². The average molecular weight is 335 g/mol. The largest absolute Gasteiger partial charge is 0.325 e. The quantitative estimate of drug-likeness (QED) is 0.210. The maximum absolute atomic E-state index is 2.39. The molecule has 0 aliphatic heterocycles. The Balaban J connectivity index is 1.83. The summed E-state index contributed by atoms with van der Waals surface area (Å²) in [5, 5.41) is 0. The van der Waals surface area contributed by atoms with Crippen LogP contribution in [0.15, 0.2) is 23.8 Å². The first kappa shape index (κ1) is 21.5. The first-order valence-corrected chi connectivity index (χ1v) is 10.8. The maximum Gasteiger partial charge on any atom is 0.100 e. The SMILES string of the molecule is CCCCCCCCCCCCCCC[N+](C)(C)CC1=CC=CC1. The Morgan fingerprint density at radius 1 is 0.750 bits per heavy atom. The van der Waals surface area contributed by atoms with Crippen molar-refractivity contribution in [3.8, 4) is 0 Å². The molecule has 0 unspecified atom stereocenters. The fourth-order valence-corrected chi connectivity index (χ4v) is 3.80. The van der Waals surface area contributed by atoms with E-state index in [1.807, 2.05) is 0 Å². The van der Waals surface area contributed by atoms with E-state index in [1.165, 1.54) is 103 Å². The van der Waals surface area contributed by atoms with E-state index in [0.29, 0.717) is 0 Å². The highest BCUT2D eigenvalue weighted by Crippen LogP contribution is 2.16. The molecule has 0 bridgehead atoms. The van der Waals surface area contributed by atoms with E-state index in [2.05, 4.69) is 39.2 Å². The minimum absolute atomic E-state index is 1.16. The summed E-state index contributed by atoms with van der Waals surface area (Å²) < 4.78 is 1.16. The van der Waals surface area contributed by atoms with Crippen molar-refractivity contribution in [2.24, 2.45) is 0 Å². The van der Waals surface area contributed by atoms with Crippen molar-refractivity contribution in [1.29, 1.82) is 0 Å². The summed E-state index contributed by atoms with van der Waals surface area (Å²) in [6.45, 7) is 4.85. The van der Waals surface area contributed by atoms with Gasteiger partial charge in [0.15, 0.2) is 0 Å². The second-order valence-electron chi connectivity index (χ2n) is 8.52. The summed E-state index contributed by atoms with van der Waals surface area (Å²) >= 11 is 0. The van der Waals surface area contributed by atoms with Crippen molar-refractivity contribution in [1.82, 2.24) is 0 Å². The Morgan fingerprint density at radius 3 is 1.71 bits per heavy atom. The van der Waals surface area contributed by atoms with Crippen LogP contribution in [-0.4, -0.2) is 31.7 Å². The molecule has 140 valence electrons. The van der Waals surface area contributed by atoms with Gasteiger partial charge in [-0.2, -0.15) is 0 Å². The number of hydrogen-bond donors (Lipinski definition) is 0. The Morgan fingerprint density at radius 2 is 1.25 bits per heavy atom. The predicted octanol–water partition coefficient (Wildman–Crippen LogP) is 7.04. The van der Waals surface area contributed by atoms with Gasteiger partial charge in [0.25, 0.3) is 0 Å². The summed E-state index contributed by atoms with van der Waals surface area (Å²) in [6, 6.07) is 0. The molecule has 0 heterocycles. The van der Waals surface area contributed by atoms with Crippen molar-refractivity contribution < 1.29 is 4.48 Å². The Labute approximate surface area is 152 Å². The number of allylic oxidation sites excluding steroid dienone is 3. The van der Waals surface area contributed by atoms with Crippen LogP contribution in [0.5, 0.6) is 0 Å². The molecule has 1 rings (SSSR count). The zero-order valence-corrected chi connectivity index (χ0v) is 17.0. The van der Waals surface area contributed by atoms with Crippen LogP contribution < -0.4 is 0 Å². The molecule has 1 heteroatoms. The van der Waals surface area contributed by atoms with Crippen molar-refractivity contribution in [3.63, 3.8) is 0 Å². The zero-order valence-electron chi connectivity index (χ0n) is 17.0. The molecule has 24 heavy (non-hydrogen) atoms. The minimum atomic E-state index is 1.16. The number of hydrogen-bond acceptors (Lipinski definition) is 0. The van der Waals surface area contributed by atoms with E-state index >= 15 is 0 Å². The van der Waals surface area contributed by atoms with Crippen molar-refractivity contribution in [2.75, 3.05) is 27.2 Å². The predicted molar refractivity (Wildman–Crippen MR) is 109 cm³/mol. The average Bonchev–Trinajstić information content (AvgIpc) is 3.04. The highest BCUT2D eigenvalue weighted by molar-refractivity contribution is 5.23. The van der Waals surface area contributed by atoms with Gasteiger partial charge in [-0.05, 0) is 24.8 Å².